The predicted octanol–water partition coefficient (Wildman–Crippen LogP) is 0.707. The zero-order chi connectivity index (χ0) is 6.53. The molecule has 1 aliphatic heterocycles. The van der Waals surface area contributed by atoms with Crippen LogP contribution < -0.4 is 0 Å². The van der Waals surface area contributed by atoms with E-state index in [0.29, 0.717) is 26.4 Å². The average Bonchev–Trinajstić information content (AvgIpc) is 1.79. The van der Waals surface area contributed by atoms with Gasteiger partial charge >= 0.3 is 8.25 Å². The van der Waals surface area contributed by atoms with Crippen molar-refractivity contribution in [2.24, 2.45) is 0 Å². The van der Waals surface area contributed by atoms with E-state index in [4.69, 9.17) is 4.74 Å². The molecule has 0 bridgehead atoms. The van der Waals surface area contributed by atoms with Gasteiger partial charge in [-0.3, -0.25) is 0 Å². The smallest absolute Gasteiger partial charge is 0.376 e. The van der Waals surface area contributed by atoms with Crippen molar-refractivity contribution >= 4 is 8.25 Å². The highest BCUT2D eigenvalue weighted by molar-refractivity contribution is 7.33. The Morgan fingerprint density at radius 3 is 2.11 bits per heavy atom. The Labute approximate surface area is 54.0 Å². The second-order valence-corrected chi connectivity index (χ2v) is 2.47. The molecule has 5 heteroatoms. The van der Waals surface area contributed by atoms with Gasteiger partial charge in [-0.1, -0.05) is 0 Å². The molecule has 0 radical (unpaired) electrons. The molecule has 0 amide bonds. The van der Waals surface area contributed by atoms with Crippen molar-refractivity contribution in [3.63, 3.8) is 0 Å². The van der Waals surface area contributed by atoms with Crippen molar-refractivity contribution in [3.8, 4) is 0 Å². The SMILES string of the molecule is O=[P+]1OCCOCCO1. The molecule has 0 atom stereocenters. The third kappa shape index (κ3) is 2.87. The molecule has 4 nitrogen and oxygen atoms in total. The topological polar surface area (TPSA) is 44.8 Å². The Morgan fingerprint density at radius 2 is 1.56 bits per heavy atom. The average molecular weight is 151 g/mol. The largest absolute Gasteiger partial charge is 0.697 e. The lowest BCUT2D eigenvalue weighted by atomic mass is 10.7. The van der Waals surface area contributed by atoms with Crippen LogP contribution in [0, 0.1) is 0 Å². The van der Waals surface area contributed by atoms with Crippen LogP contribution in [0.1, 0.15) is 0 Å². The van der Waals surface area contributed by atoms with E-state index in [1.807, 2.05) is 0 Å². The summed E-state index contributed by atoms with van der Waals surface area (Å²) in [5.41, 5.74) is 0. The Bertz CT molecular complexity index is 94.7. The summed E-state index contributed by atoms with van der Waals surface area (Å²) in [6.07, 6.45) is 0. The van der Waals surface area contributed by atoms with Crippen LogP contribution in [0.4, 0.5) is 0 Å². The number of hydrogen-bond acceptors (Lipinski definition) is 4. The van der Waals surface area contributed by atoms with Crippen molar-refractivity contribution in [3.05, 3.63) is 0 Å². The van der Waals surface area contributed by atoms with Crippen molar-refractivity contribution in [1.82, 2.24) is 0 Å². The van der Waals surface area contributed by atoms with Gasteiger partial charge < -0.3 is 4.74 Å². The predicted molar refractivity (Wildman–Crippen MR) is 30.3 cm³/mol. The highest BCUT2D eigenvalue weighted by Crippen LogP contribution is 2.23. The molecule has 52 valence electrons. The molecule has 1 heterocycles. The van der Waals surface area contributed by atoms with Crippen molar-refractivity contribution < 1.29 is 18.3 Å². The van der Waals surface area contributed by atoms with Crippen LogP contribution in [0.2, 0.25) is 0 Å². The standard InChI is InChI=1S/C4H8O4P/c5-9-7-3-1-6-2-4-8-9/h1-4H2/q+1. The van der Waals surface area contributed by atoms with Crippen molar-refractivity contribution in [1.29, 1.82) is 0 Å². The van der Waals surface area contributed by atoms with E-state index < -0.39 is 8.25 Å². The van der Waals surface area contributed by atoms with Crippen LogP contribution >= 0.6 is 8.25 Å². The van der Waals surface area contributed by atoms with Crippen LogP contribution in [0.5, 0.6) is 0 Å². The van der Waals surface area contributed by atoms with E-state index in [2.05, 4.69) is 9.05 Å². The molecular formula is C4H8O4P+. The van der Waals surface area contributed by atoms with Crippen molar-refractivity contribution in [2.75, 3.05) is 26.4 Å². The van der Waals surface area contributed by atoms with Gasteiger partial charge in [-0.15, -0.1) is 9.05 Å². The third-order valence-corrected chi connectivity index (χ3v) is 1.64. The van der Waals surface area contributed by atoms with Gasteiger partial charge in [0.1, 0.15) is 13.2 Å². The first-order valence-electron chi connectivity index (χ1n) is 2.70. The van der Waals surface area contributed by atoms with E-state index in [9.17, 15) is 4.57 Å². The molecule has 0 saturated carbocycles. The molecule has 1 saturated heterocycles. The summed E-state index contributed by atoms with van der Waals surface area (Å²) in [6.45, 7) is 1.72. The minimum absolute atomic E-state index is 0.356. The maximum atomic E-state index is 10.5. The lowest BCUT2D eigenvalue weighted by molar-refractivity contribution is 0.0494. The Morgan fingerprint density at radius 1 is 1.00 bits per heavy atom. The number of ether oxygens (including phenoxy) is 1. The highest BCUT2D eigenvalue weighted by Gasteiger charge is 2.21. The lowest BCUT2D eigenvalue weighted by Crippen LogP contribution is -2.09. The van der Waals surface area contributed by atoms with Crippen LogP contribution in [-0.4, -0.2) is 26.4 Å². The second-order valence-electron chi connectivity index (χ2n) is 1.50. The number of rotatable bonds is 0. The summed E-state index contributed by atoms with van der Waals surface area (Å²) >= 11 is 0. The molecule has 0 unspecified atom stereocenters. The zero-order valence-electron chi connectivity index (χ0n) is 4.91. The lowest BCUT2D eigenvalue weighted by Gasteiger charge is -2.00. The van der Waals surface area contributed by atoms with Crippen molar-refractivity contribution in [2.45, 2.75) is 0 Å². The molecule has 1 rings (SSSR count). The molecule has 9 heavy (non-hydrogen) atoms. The quantitative estimate of drug-likeness (QED) is 0.478. The summed E-state index contributed by atoms with van der Waals surface area (Å²) in [5, 5.41) is 0. The number of hydrogen-bond donors (Lipinski definition) is 0. The maximum absolute atomic E-state index is 10.5. The van der Waals surface area contributed by atoms with E-state index in [1.54, 1.807) is 0 Å². The van der Waals surface area contributed by atoms with E-state index in [0.717, 1.165) is 0 Å². The fourth-order valence-electron chi connectivity index (χ4n) is 0.481. The molecule has 0 aromatic heterocycles. The third-order valence-electron chi connectivity index (χ3n) is 0.849. The van der Waals surface area contributed by atoms with E-state index in [1.165, 1.54) is 0 Å². The monoisotopic (exact) mass is 151 g/mol. The summed E-state index contributed by atoms with van der Waals surface area (Å²) in [7, 11) is -1.87. The Hall–Kier alpha value is -0.0200. The summed E-state index contributed by atoms with van der Waals surface area (Å²) in [5.74, 6) is 0. The zero-order valence-corrected chi connectivity index (χ0v) is 5.80. The highest BCUT2D eigenvalue weighted by atomic mass is 31.1. The minimum Gasteiger partial charge on any atom is -0.376 e. The molecule has 0 aromatic carbocycles. The fraction of sp³-hybridized carbons (Fsp3) is 1.00. The van der Waals surface area contributed by atoms with Gasteiger partial charge in [0, 0.05) is 4.57 Å². The Balaban J connectivity index is 2.20. The molecule has 0 aromatic rings. The molecular weight excluding hydrogens is 143 g/mol. The molecule has 1 aliphatic rings. The van der Waals surface area contributed by atoms with Gasteiger partial charge in [0.15, 0.2) is 0 Å². The first kappa shape index (κ1) is 7.09. The van der Waals surface area contributed by atoms with Gasteiger partial charge in [-0.2, -0.15) is 0 Å². The first-order valence-corrected chi connectivity index (χ1v) is 3.80. The summed E-state index contributed by atoms with van der Waals surface area (Å²) < 4.78 is 24.7. The molecule has 0 aliphatic carbocycles. The van der Waals surface area contributed by atoms with Gasteiger partial charge in [-0.25, -0.2) is 0 Å². The summed E-state index contributed by atoms with van der Waals surface area (Å²) in [4.78, 5) is 0. The second kappa shape index (κ2) is 3.90. The molecule has 1 fully saturated rings. The van der Waals surface area contributed by atoms with E-state index in [-0.39, 0.29) is 0 Å². The van der Waals surface area contributed by atoms with Gasteiger partial charge in [0.2, 0.25) is 0 Å². The first-order chi connectivity index (χ1) is 4.39. The molecule has 0 N–H and O–H groups in total. The fourth-order valence-corrected chi connectivity index (χ4v) is 1.00. The van der Waals surface area contributed by atoms with Crippen LogP contribution in [0.3, 0.4) is 0 Å². The molecule has 0 spiro atoms. The normalized spacial score (nSPS) is 22.9. The Kier molecular flexibility index (Phi) is 3.08. The van der Waals surface area contributed by atoms with E-state index >= 15 is 0 Å². The summed E-state index contributed by atoms with van der Waals surface area (Å²) in [6, 6.07) is 0. The van der Waals surface area contributed by atoms with Crippen LogP contribution in [0.25, 0.3) is 0 Å². The van der Waals surface area contributed by atoms with Crippen LogP contribution in [0.15, 0.2) is 0 Å². The van der Waals surface area contributed by atoms with Crippen LogP contribution in [-0.2, 0) is 18.3 Å². The maximum Gasteiger partial charge on any atom is 0.697 e. The minimum atomic E-state index is -1.87. The van der Waals surface area contributed by atoms with Gasteiger partial charge in [0.25, 0.3) is 0 Å². The van der Waals surface area contributed by atoms with Gasteiger partial charge in [0.05, 0.1) is 13.2 Å². The van der Waals surface area contributed by atoms with Gasteiger partial charge in [-0.05, 0) is 0 Å².